The molecule has 8 nitrogen and oxygen atoms in total. The van der Waals surface area contributed by atoms with Crippen molar-refractivity contribution in [2.45, 2.75) is 32.4 Å². The average molecular weight is 420 g/mol. The lowest BCUT2D eigenvalue weighted by molar-refractivity contribution is -0.122. The molecule has 3 aromatic rings. The molecule has 4 rings (SSSR count). The van der Waals surface area contributed by atoms with Crippen molar-refractivity contribution in [2.75, 3.05) is 18.0 Å². The summed E-state index contributed by atoms with van der Waals surface area (Å²) in [5.74, 6) is -3.48. The Morgan fingerprint density at radius 1 is 1.33 bits per heavy atom. The van der Waals surface area contributed by atoms with Crippen LogP contribution < -0.4 is 15.9 Å². The van der Waals surface area contributed by atoms with Gasteiger partial charge in [0.25, 0.3) is 5.92 Å². The molecular formula is C19H19F3N6O2. The summed E-state index contributed by atoms with van der Waals surface area (Å²) in [5, 5.41) is 6.78. The molecule has 1 saturated heterocycles. The number of amides is 1. The van der Waals surface area contributed by atoms with Crippen LogP contribution in [0.15, 0.2) is 35.3 Å². The highest BCUT2D eigenvalue weighted by molar-refractivity contribution is 5.76. The molecule has 4 heterocycles. The highest BCUT2D eigenvalue weighted by atomic mass is 19.3. The van der Waals surface area contributed by atoms with Crippen molar-refractivity contribution in [3.63, 3.8) is 0 Å². The van der Waals surface area contributed by atoms with Gasteiger partial charge in [-0.05, 0) is 37.6 Å². The van der Waals surface area contributed by atoms with E-state index in [4.69, 9.17) is 0 Å². The van der Waals surface area contributed by atoms with Gasteiger partial charge in [-0.3, -0.25) is 9.78 Å². The molecule has 0 spiro atoms. The molecule has 1 N–H and O–H groups in total. The number of halogens is 3. The standard InChI is InChI=1S/C19H19F3N6O2/c1-11(13-6-14(20)12(2)23-7-13)24-16(29)8-27-18(30)28-15(25-27)4-3-5-17(28)26-9-19(21,22)10-26/h3-7,11H,8-10H2,1-2H3,(H,24,29)/t11-/m0/s1. The van der Waals surface area contributed by atoms with E-state index in [0.717, 1.165) is 4.68 Å². The Labute approximate surface area is 168 Å². The lowest BCUT2D eigenvalue weighted by atomic mass is 10.1. The summed E-state index contributed by atoms with van der Waals surface area (Å²) in [6, 6.07) is 5.47. The third-order valence-electron chi connectivity index (χ3n) is 4.97. The molecule has 0 aliphatic carbocycles. The molecule has 1 atom stereocenters. The predicted molar refractivity (Wildman–Crippen MR) is 102 cm³/mol. The zero-order valence-electron chi connectivity index (χ0n) is 16.3. The summed E-state index contributed by atoms with van der Waals surface area (Å²) in [6.45, 7) is 1.86. The first-order valence-corrected chi connectivity index (χ1v) is 9.27. The average Bonchev–Trinajstić information content (AvgIpc) is 2.97. The second kappa shape index (κ2) is 7.15. The van der Waals surface area contributed by atoms with Crippen molar-refractivity contribution >= 4 is 17.4 Å². The van der Waals surface area contributed by atoms with E-state index < -0.39 is 42.5 Å². The number of alkyl halides is 2. The van der Waals surface area contributed by atoms with Crippen molar-refractivity contribution in [3.05, 3.63) is 58.0 Å². The SMILES string of the molecule is Cc1ncc([C@H](C)NC(=O)Cn2nc3cccc(N4CC(F)(F)C4)n3c2=O)cc1F. The molecule has 11 heteroatoms. The molecule has 30 heavy (non-hydrogen) atoms. The van der Waals surface area contributed by atoms with Gasteiger partial charge in [0.2, 0.25) is 5.91 Å². The lowest BCUT2D eigenvalue weighted by Gasteiger charge is -2.40. The van der Waals surface area contributed by atoms with Gasteiger partial charge < -0.3 is 10.2 Å². The molecule has 0 radical (unpaired) electrons. The normalized spacial score (nSPS) is 16.4. The van der Waals surface area contributed by atoms with Gasteiger partial charge >= 0.3 is 5.69 Å². The number of aromatic nitrogens is 4. The number of nitrogens with zero attached hydrogens (tertiary/aromatic N) is 5. The second-order valence-corrected chi connectivity index (χ2v) is 7.35. The second-order valence-electron chi connectivity index (χ2n) is 7.35. The topological polar surface area (TPSA) is 84.5 Å². The number of pyridine rings is 2. The Bertz CT molecular complexity index is 1180. The fraction of sp³-hybridized carbons (Fsp3) is 0.368. The zero-order valence-corrected chi connectivity index (χ0v) is 16.3. The number of hydrogen-bond donors (Lipinski definition) is 1. The van der Waals surface area contributed by atoms with Crippen LogP contribution in [0.1, 0.15) is 24.2 Å². The summed E-state index contributed by atoms with van der Waals surface area (Å²) in [4.78, 5) is 30.4. The number of carbonyl (C=O) groups is 1. The molecule has 0 saturated carbocycles. The Hall–Kier alpha value is -3.37. The van der Waals surface area contributed by atoms with Gasteiger partial charge in [-0.15, -0.1) is 5.10 Å². The summed E-state index contributed by atoms with van der Waals surface area (Å²) in [6.07, 6.45) is 1.47. The summed E-state index contributed by atoms with van der Waals surface area (Å²) < 4.78 is 42.3. The summed E-state index contributed by atoms with van der Waals surface area (Å²) in [5.41, 5.74) is 0.374. The van der Waals surface area contributed by atoms with E-state index in [0.29, 0.717) is 11.4 Å². The highest BCUT2D eigenvalue weighted by Gasteiger charge is 2.44. The van der Waals surface area contributed by atoms with Crippen LogP contribution in [0.2, 0.25) is 0 Å². The first-order chi connectivity index (χ1) is 14.1. The zero-order chi connectivity index (χ0) is 21.6. The van der Waals surface area contributed by atoms with Crippen LogP contribution in [0.5, 0.6) is 0 Å². The molecule has 0 aromatic carbocycles. The van der Waals surface area contributed by atoms with Gasteiger partial charge in [0.05, 0.1) is 24.8 Å². The van der Waals surface area contributed by atoms with Gasteiger partial charge in [-0.25, -0.2) is 27.0 Å². The third-order valence-corrected chi connectivity index (χ3v) is 4.97. The van der Waals surface area contributed by atoms with Gasteiger partial charge in [-0.1, -0.05) is 6.07 Å². The minimum absolute atomic E-state index is 0.248. The largest absolute Gasteiger partial charge is 0.352 e. The fourth-order valence-electron chi connectivity index (χ4n) is 3.33. The van der Waals surface area contributed by atoms with Crippen LogP contribution in [-0.4, -0.2) is 44.1 Å². The summed E-state index contributed by atoms with van der Waals surface area (Å²) in [7, 11) is 0. The first-order valence-electron chi connectivity index (χ1n) is 9.27. The maximum atomic E-state index is 13.7. The van der Waals surface area contributed by atoms with E-state index in [1.807, 2.05) is 0 Å². The number of fused-ring (bicyclic) bond motifs is 1. The van der Waals surface area contributed by atoms with Crippen LogP contribution in [-0.2, 0) is 11.3 Å². The van der Waals surface area contributed by atoms with E-state index >= 15 is 0 Å². The smallest absolute Gasteiger partial charge is 0.348 e. The fourth-order valence-corrected chi connectivity index (χ4v) is 3.33. The van der Waals surface area contributed by atoms with Crippen LogP contribution in [0.3, 0.4) is 0 Å². The van der Waals surface area contributed by atoms with Crippen molar-refractivity contribution < 1.29 is 18.0 Å². The summed E-state index contributed by atoms with van der Waals surface area (Å²) >= 11 is 0. The molecule has 158 valence electrons. The molecule has 1 aliphatic heterocycles. The number of aryl methyl sites for hydroxylation is 1. The Morgan fingerprint density at radius 3 is 2.73 bits per heavy atom. The van der Waals surface area contributed by atoms with Crippen LogP contribution in [0.4, 0.5) is 19.0 Å². The molecule has 1 aliphatic rings. The Morgan fingerprint density at radius 2 is 2.07 bits per heavy atom. The van der Waals surface area contributed by atoms with Crippen LogP contribution in [0, 0.1) is 12.7 Å². The minimum atomic E-state index is -2.79. The number of carbonyl (C=O) groups excluding carboxylic acids is 1. The molecule has 3 aromatic heterocycles. The monoisotopic (exact) mass is 420 g/mol. The molecule has 1 fully saturated rings. The van der Waals surface area contributed by atoms with Gasteiger partial charge in [0, 0.05) is 6.20 Å². The highest BCUT2D eigenvalue weighted by Crippen LogP contribution is 2.31. The molecule has 0 bridgehead atoms. The van der Waals surface area contributed by atoms with Gasteiger partial charge in [0.1, 0.15) is 18.2 Å². The number of hydrogen-bond acceptors (Lipinski definition) is 5. The molecular weight excluding hydrogens is 401 g/mol. The Kier molecular flexibility index (Phi) is 4.75. The lowest BCUT2D eigenvalue weighted by Crippen LogP contribution is -2.57. The predicted octanol–water partition coefficient (Wildman–Crippen LogP) is 1.67. The van der Waals surface area contributed by atoms with E-state index in [2.05, 4.69) is 15.4 Å². The van der Waals surface area contributed by atoms with Crippen LogP contribution in [0.25, 0.3) is 5.65 Å². The first kappa shape index (κ1) is 19.9. The maximum absolute atomic E-state index is 13.7. The number of rotatable bonds is 5. The van der Waals surface area contributed by atoms with E-state index in [9.17, 15) is 22.8 Å². The molecule has 1 amide bonds. The van der Waals surface area contributed by atoms with Crippen molar-refractivity contribution in [1.29, 1.82) is 0 Å². The minimum Gasteiger partial charge on any atom is -0.348 e. The molecule has 0 unspecified atom stereocenters. The van der Waals surface area contributed by atoms with Crippen LogP contribution >= 0.6 is 0 Å². The van der Waals surface area contributed by atoms with Crippen molar-refractivity contribution in [1.82, 2.24) is 24.5 Å². The van der Waals surface area contributed by atoms with E-state index in [1.54, 1.807) is 25.1 Å². The number of anilines is 1. The van der Waals surface area contributed by atoms with Crippen molar-refractivity contribution in [2.24, 2.45) is 0 Å². The third kappa shape index (κ3) is 3.62. The number of nitrogens with one attached hydrogen (secondary N) is 1. The van der Waals surface area contributed by atoms with Gasteiger partial charge in [-0.2, -0.15) is 0 Å². The van der Waals surface area contributed by atoms with E-state index in [1.165, 1.54) is 28.5 Å². The Balaban J connectivity index is 1.52. The van der Waals surface area contributed by atoms with Gasteiger partial charge in [0.15, 0.2) is 5.65 Å². The van der Waals surface area contributed by atoms with Crippen molar-refractivity contribution in [3.8, 4) is 0 Å². The van der Waals surface area contributed by atoms with E-state index in [-0.39, 0.29) is 17.9 Å². The quantitative estimate of drug-likeness (QED) is 0.679. The maximum Gasteiger partial charge on any atom is 0.352 e.